The standard InChI is InChI=1S/C19H19ClN6/c20-16-4-5-18-23-17(14-26(18)12-16)13-24-7-2-8-25(10-9-24)19-15(11-21)3-1-6-22-19/h1,3-6,12,14H,2,7-10,13H2. The second-order valence-corrected chi connectivity index (χ2v) is 6.88. The summed E-state index contributed by atoms with van der Waals surface area (Å²) in [6.45, 7) is 4.48. The molecular weight excluding hydrogens is 348 g/mol. The Kier molecular flexibility index (Phi) is 4.74. The van der Waals surface area contributed by atoms with Crippen LogP contribution in [0.4, 0.5) is 5.82 Å². The molecule has 0 amide bonds. The fraction of sp³-hybridized carbons (Fsp3) is 0.316. The highest BCUT2D eigenvalue weighted by Crippen LogP contribution is 2.19. The van der Waals surface area contributed by atoms with E-state index in [9.17, 15) is 5.26 Å². The van der Waals surface area contributed by atoms with Crippen LogP contribution in [0.15, 0.2) is 42.9 Å². The summed E-state index contributed by atoms with van der Waals surface area (Å²) in [7, 11) is 0. The summed E-state index contributed by atoms with van der Waals surface area (Å²) < 4.78 is 1.97. The zero-order valence-electron chi connectivity index (χ0n) is 14.3. The van der Waals surface area contributed by atoms with Crippen LogP contribution in [0.5, 0.6) is 0 Å². The van der Waals surface area contributed by atoms with Gasteiger partial charge in [0.15, 0.2) is 0 Å². The molecular formula is C19H19ClN6. The van der Waals surface area contributed by atoms with Crippen molar-refractivity contribution in [3.05, 3.63) is 59.1 Å². The first-order chi connectivity index (χ1) is 12.7. The Balaban J connectivity index is 1.45. The number of pyridine rings is 2. The average molecular weight is 367 g/mol. The van der Waals surface area contributed by atoms with E-state index in [0.29, 0.717) is 10.6 Å². The number of anilines is 1. The molecule has 0 radical (unpaired) electrons. The number of aromatic nitrogens is 3. The molecule has 7 heteroatoms. The molecule has 132 valence electrons. The number of nitriles is 1. The molecule has 0 N–H and O–H groups in total. The highest BCUT2D eigenvalue weighted by Gasteiger charge is 2.19. The first-order valence-corrected chi connectivity index (χ1v) is 9.06. The molecule has 0 aromatic carbocycles. The minimum Gasteiger partial charge on any atom is -0.354 e. The highest BCUT2D eigenvalue weighted by atomic mass is 35.5. The molecule has 1 aliphatic heterocycles. The van der Waals surface area contributed by atoms with E-state index in [1.165, 1.54) is 0 Å². The van der Waals surface area contributed by atoms with E-state index in [4.69, 9.17) is 11.6 Å². The first-order valence-electron chi connectivity index (χ1n) is 8.68. The Labute approximate surface area is 157 Å². The molecule has 0 atom stereocenters. The summed E-state index contributed by atoms with van der Waals surface area (Å²) >= 11 is 6.05. The fourth-order valence-corrected chi connectivity index (χ4v) is 3.57. The Morgan fingerprint density at radius 1 is 1.12 bits per heavy atom. The van der Waals surface area contributed by atoms with Crippen LogP contribution in [0, 0.1) is 11.3 Å². The van der Waals surface area contributed by atoms with Crippen LogP contribution in [-0.4, -0.2) is 45.4 Å². The quantitative estimate of drug-likeness (QED) is 0.713. The molecule has 0 unspecified atom stereocenters. The van der Waals surface area contributed by atoms with Crippen molar-refractivity contribution in [3.63, 3.8) is 0 Å². The minimum atomic E-state index is 0.637. The van der Waals surface area contributed by atoms with Gasteiger partial charge in [0.25, 0.3) is 0 Å². The molecule has 1 saturated heterocycles. The molecule has 4 rings (SSSR count). The number of fused-ring (bicyclic) bond motifs is 1. The third kappa shape index (κ3) is 3.50. The van der Waals surface area contributed by atoms with Crippen LogP contribution in [0.2, 0.25) is 5.02 Å². The number of halogens is 1. The van der Waals surface area contributed by atoms with Gasteiger partial charge < -0.3 is 9.30 Å². The topological polar surface area (TPSA) is 60.5 Å². The zero-order chi connectivity index (χ0) is 17.9. The predicted octanol–water partition coefficient (Wildman–Crippen LogP) is 2.97. The van der Waals surface area contributed by atoms with Crippen molar-refractivity contribution in [2.75, 3.05) is 31.1 Å². The highest BCUT2D eigenvalue weighted by molar-refractivity contribution is 6.30. The Bertz CT molecular complexity index is 960. The van der Waals surface area contributed by atoms with Crippen LogP contribution < -0.4 is 4.90 Å². The lowest BCUT2D eigenvalue weighted by molar-refractivity contribution is 0.282. The van der Waals surface area contributed by atoms with Gasteiger partial charge in [0, 0.05) is 51.3 Å². The maximum absolute atomic E-state index is 9.31. The lowest BCUT2D eigenvalue weighted by atomic mass is 10.2. The van der Waals surface area contributed by atoms with Gasteiger partial charge in [0.05, 0.1) is 16.3 Å². The molecule has 1 aliphatic rings. The molecule has 3 aromatic rings. The third-order valence-corrected chi connectivity index (χ3v) is 4.87. The summed E-state index contributed by atoms with van der Waals surface area (Å²) in [4.78, 5) is 13.7. The summed E-state index contributed by atoms with van der Waals surface area (Å²) in [5.41, 5.74) is 2.59. The van der Waals surface area contributed by atoms with Gasteiger partial charge in [0.1, 0.15) is 17.5 Å². The van der Waals surface area contributed by atoms with Crippen LogP contribution in [0.3, 0.4) is 0 Å². The molecule has 3 aromatic heterocycles. The minimum absolute atomic E-state index is 0.637. The van der Waals surface area contributed by atoms with Crippen LogP contribution in [0.25, 0.3) is 5.65 Å². The lowest BCUT2D eigenvalue weighted by Crippen LogP contribution is -2.31. The summed E-state index contributed by atoms with van der Waals surface area (Å²) in [6.07, 6.45) is 6.69. The number of hydrogen-bond donors (Lipinski definition) is 0. The van der Waals surface area contributed by atoms with Crippen molar-refractivity contribution < 1.29 is 0 Å². The van der Waals surface area contributed by atoms with Crippen LogP contribution in [-0.2, 0) is 6.54 Å². The van der Waals surface area contributed by atoms with E-state index in [1.807, 2.05) is 41.1 Å². The maximum atomic E-state index is 9.31. The molecule has 0 bridgehead atoms. The molecule has 1 fully saturated rings. The van der Waals surface area contributed by atoms with Gasteiger partial charge in [-0.3, -0.25) is 4.90 Å². The lowest BCUT2D eigenvalue weighted by Gasteiger charge is -2.23. The van der Waals surface area contributed by atoms with Crippen LogP contribution >= 0.6 is 11.6 Å². The predicted molar refractivity (Wildman–Crippen MR) is 101 cm³/mol. The molecule has 0 aliphatic carbocycles. The van der Waals surface area contributed by atoms with Crippen LogP contribution in [0.1, 0.15) is 17.7 Å². The van der Waals surface area contributed by atoms with Crippen molar-refractivity contribution in [2.24, 2.45) is 0 Å². The SMILES string of the molecule is N#Cc1cccnc1N1CCCN(Cc2cn3cc(Cl)ccc3n2)CC1. The molecule has 0 saturated carbocycles. The normalized spacial score (nSPS) is 15.8. The molecule has 26 heavy (non-hydrogen) atoms. The van der Waals surface area contributed by atoms with Gasteiger partial charge in [-0.05, 0) is 30.7 Å². The van der Waals surface area contributed by atoms with E-state index in [1.54, 1.807) is 6.20 Å². The second kappa shape index (κ2) is 7.32. The first kappa shape index (κ1) is 16.8. The largest absolute Gasteiger partial charge is 0.354 e. The van der Waals surface area contributed by atoms with Crippen molar-refractivity contribution >= 4 is 23.1 Å². The smallest absolute Gasteiger partial charge is 0.146 e. The van der Waals surface area contributed by atoms with E-state index in [0.717, 1.165) is 56.3 Å². The van der Waals surface area contributed by atoms with E-state index < -0.39 is 0 Å². The van der Waals surface area contributed by atoms with Gasteiger partial charge in [-0.15, -0.1) is 0 Å². The van der Waals surface area contributed by atoms with Crippen molar-refractivity contribution in [1.29, 1.82) is 5.26 Å². The second-order valence-electron chi connectivity index (χ2n) is 6.45. The Morgan fingerprint density at radius 2 is 2.04 bits per heavy atom. The van der Waals surface area contributed by atoms with Gasteiger partial charge in [0.2, 0.25) is 0 Å². The Hall–Kier alpha value is -2.62. The summed E-state index contributed by atoms with van der Waals surface area (Å²) in [5, 5.41) is 10.0. The van der Waals surface area contributed by atoms with Crippen molar-refractivity contribution in [1.82, 2.24) is 19.3 Å². The number of rotatable bonds is 3. The molecule has 0 spiro atoms. The van der Waals surface area contributed by atoms with E-state index in [2.05, 4.69) is 25.8 Å². The Morgan fingerprint density at radius 3 is 2.92 bits per heavy atom. The van der Waals surface area contributed by atoms with E-state index in [-0.39, 0.29) is 0 Å². The third-order valence-electron chi connectivity index (χ3n) is 4.65. The number of nitrogens with zero attached hydrogens (tertiary/aromatic N) is 6. The maximum Gasteiger partial charge on any atom is 0.146 e. The van der Waals surface area contributed by atoms with E-state index >= 15 is 0 Å². The number of imidazole rings is 1. The van der Waals surface area contributed by atoms with Gasteiger partial charge in [-0.2, -0.15) is 5.26 Å². The van der Waals surface area contributed by atoms with Crippen molar-refractivity contribution in [3.8, 4) is 6.07 Å². The summed E-state index contributed by atoms with van der Waals surface area (Å²) in [6, 6.07) is 9.67. The molecule has 6 nitrogen and oxygen atoms in total. The zero-order valence-corrected chi connectivity index (χ0v) is 15.1. The van der Waals surface area contributed by atoms with Gasteiger partial charge >= 0.3 is 0 Å². The fourth-order valence-electron chi connectivity index (χ4n) is 3.40. The van der Waals surface area contributed by atoms with Crippen molar-refractivity contribution in [2.45, 2.75) is 13.0 Å². The number of hydrogen-bond acceptors (Lipinski definition) is 5. The monoisotopic (exact) mass is 366 g/mol. The average Bonchev–Trinajstić information content (AvgIpc) is 2.90. The molecule has 4 heterocycles. The van der Waals surface area contributed by atoms with Gasteiger partial charge in [-0.25, -0.2) is 9.97 Å². The van der Waals surface area contributed by atoms with Gasteiger partial charge in [-0.1, -0.05) is 11.6 Å². The summed E-state index contributed by atoms with van der Waals surface area (Å²) in [5.74, 6) is 0.791.